The van der Waals surface area contributed by atoms with Crippen LogP contribution < -0.4 is 0 Å². The van der Waals surface area contributed by atoms with Crippen LogP contribution in [0.3, 0.4) is 0 Å². The molecule has 1 aliphatic carbocycles. The average molecular weight is 263 g/mol. The number of halogens is 4. The smallest absolute Gasteiger partial charge is 0.198 e. The minimum atomic E-state index is -1.79. The third-order valence-electron chi connectivity index (χ3n) is 3.03. The van der Waals surface area contributed by atoms with E-state index in [-0.39, 0.29) is 5.56 Å². The summed E-state index contributed by atoms with van der Waals surface area (Å²) in [6.45, 7) is 0. The van der Waals surface area contributed by atoms with Gasteiger partial charge in [-0.1, -0.05) is 30.3 Å². The summed E-state index contributed by atoms with van der Waals surface area (Å²) in [7, 11) is 0. The van der Waals surface area contributed by atoms with Crippen LogP contribution in [0.25, 0.3) is 11.6 Å². The zero-order valence-corrected chi connectivity index (χ0v) is 9.55. The number of hydrogen-bond acceptors (Lipinski definition) is 0. The molecule has 1 radical (unpaired) electrons. The summed E-state index contributed by atoms with van der Waals surface area (Å²) >= 11 is 0. The van der Waals surface area contributed by atoms with Crippen molar-refractivity contribution in [2.24, 2.45) is 0 Å². The second-order valence-corrected chi connectivity index (χ2v) is 4.22. The van der Waals surface area contributed by atoms with Crippen molar-refractivity contribution in [1.82, 2.24) is 0 Å². The molecule has 19 heavy (non-hydrogen) atoms. The lowest BCUT2D eigenvalue weighted by molar-refractivity contribution is 0.408. The Labute approximate surface area is 107 Å². The minimum Gasteiger partial charge on any atom is -0.204 e. The summed E-state index contributed by atoms with van der Waals surface area (Å²) in [5.74, 6) is -6.37. The van der Waals surface area contributed by atoms with Crippen LogP contribution in [-0.2, 0) is 0 Å². The maximum absolute atomic E-state index is 13.7. The van der Waals surface area contributed by atoms with E-state index in [0.717, 1.165) is 11.1 Å². The van der Waals surface area contributed by atoms with E-state index in [1.807, 2.05) is 0 Å². The predicted molar refractivity (Wildman–Crippen MR) is 64.0 cm³/mol. The molecule has 1 aliphatic rings. The van der Waals surface area contributed by atoms with Crippen LogP contribution in [0.5, 0.6) is 0 Å². The highest BCUT2D eigenvalue weighted by Crippen LogP contribution is 2.35. The summed E-state index contributed by atoms with van der Waals surface area (Å²) in [5, 5.41) is 0. The van der Waals surface area contributed by atoms with Crippen molar-refractivity contribution < 1.29 is 17.6 Å². The molecule has 2 aromatic carbocycles. The molecule has 0 N–H and O–H groups in total. The average Bonchev–Trinajstić information content (AvgIpc) is 2.84. The molecule has 0 fully saturated rings. The predicted octanol–water partition coefficient (Wildman–Crippen LogP) is 4.35. The quantitative estimate of drug-likeness (QED) is 0.407. The van der Waals surface area contributed by atoms with Crippen LogP contribution in [0, 0.1) is 29.7 Å². The molecule has 4 heteroatoms. The van der Waals surface area contributed by atoms with E-state index >= 15 is 0 Å². The van der Waals surface area contributed by atoms with Crippen molar-refractivity contribution in [1.29, 1.82) is 0 Å². The fourth-order valence-corrected chi connectivity index (χ4v) is 2.09. The highest BCUT2D eigenvalue weighted by atomic mass is 19.2. The van der Waals surface area contributed by atoms with E-state index < -0.39 is 23.3 Å². The molecular weight excluding hydrogens is 256 g/mol. The van der Waals surface area contributed by atoms with Crippen LogP contribution in [0.1, 0.15) is 16.7 Å². The van der Waals surface area contributed by atoms with E-state index in [0.29, 0.717) is 11.6 Å². The first-order chi connectivity index (χ1) is 9.08. The lowest BCUT2D eigenvalue weighted by Gasteiger charge is -2.06. The van der Waals surface area contributed by atoms with Gasteiger partial charge in [-0.3, -0.25) is 0 Å². The van der Waals surface area contributed by atoms with Gasteiger partial charge in [0.1, 0.15) is 0 Å². The minimum absolute atomic E-state index is 0.285. The number of benzene rings is 2. The summed E-state index contributed by atoms with van der Waals surface area (Å²) in [5.41, 5.74) is 1.67. The van der Waals surface area contributed by atoms with Gasteiger partial charge in [0.05, 0.1) is 0 Å². The highest BCUT2D eigenvalue weighted by Gasteiger charge is 2.23. The van der Waals surface area contributed by atoms with E-state index in [1.54, 1.807) is 36.8 Å². The van der Waals surface area contributed by atoms with Gasteiger partial charge in [-0.05, 0) is 22.8 Å². The Morgan fingerprint density at radius 3 is 2.11 bits per heavy atom. The lowest BCUT2D eigenvalue weighted by Crippen LogP contribution is -2.00. The molecule has 0 bridgehead atoms. The number of hydrogen-bond donors (Lipinski definition) is 0. The van der Waals surface area contributed by atoms with Gasteiger partial charge in [-0.25, -0.2) is 17.6 Å². The topological polar surface area (TPSA) is 0 Å². The standard InChI is InChI=1S/C15H7F4/c16-12-7-11(13(17)15(19)14(12)18)10-5-8-3-1-2-4-9(8)6-10/h1-7H. The molecule has 2 aromatic rings. The molecule has 0 heterocycles. The van der Waals surface area contributed by atoms with Gasteiger partial charge in [0.25, 0.3) is 0 Å². The zero-order chi connectivity index (χ0) is 13.6. The van der Waals surface area contributed by atoms with Gasteiger partial charge in [-0.2, -0.15) is 0 Å². The van der Waals surface area contributed by atoms with Gasteiger partial charge in [-0.15, -0.1) is 0 Å². The maximum atomic E-state index is 13.7. The Balaban J connectivity index is 2.12. The van der Waals surface area contributed by atoms with Crippen LogP contribution in [0.15, 0.2) is 30.3 Å². The van der Waals surface area contributed by atoms with Gasteiger partial charge < -0.3 is 0 Å². The monoisotopic (exact) mass is 263 g/mol. The van der Waals surface area contributed by atoms with E-state index in [2.05, 4.69) is 0 Å². The number of allylic oxidation sites excluding steroid dienone is 1. The van der Waals surface area contributed by atoms with Crippen molar-refractivity contribution in [2.45, 2.75) is 0 Å². The van der Waals surface area contributed by atoms with Crippen molar-refractivity contribution in [3.05, 3.63) is 76.7 Å². The summed E-state index contributed by atoms with van der Waals surface area (Å²) in [4.78, 5) is 0. The molecule has 0 unspecified atom stereocenters. The van der Waals surface area contributed by atoms with E-state index in [4.69, 9.17) is 0 Å². The summed E-state index contributed by atoms with van der Waals surface area (Å²) in [6, 6.07) is 7.87. The molecule has 0 aromatic heterocycles. The van der Waals surface area contributed by atoms with Gasteiger partial charge in [0.2, 0.25) is 0 Å². The first kappa shape index (κ1) is 12.0. The molecular formula is C15H7F4. The van der Waals surface area contributed by atoms with Crippen molar-refractivity contribution in [3.8, 4) is 0 Å². The Bertz CT molecular complexity index is 702. The molecule has 3 rings (SSSR count). The second kappa shape index (κ2) is 4.23. The zero-order valence-electron chi connectivity index (χ0n) is 9.55. The summed E-state index contributed by atoms with van der Waals surface area (Å²) in [6.07, 6.45) is 3.20. The second-order valence-electron chi connectivity index (χ2n) is 4.22. The van der Waals surface area contributed by atoms with Gasteiger partial charge in [0.15, 0.2) is 23.3 Å². The lowest BCUT2D eigenvalue weighted by atomic mass is 10.0. The first-order valence-corrected chi connectivity index (χ1v) is 5.57. The Hall–Kier alpha value is -2.10. The van der Waals surface area contributed by atoms with Crippen LogP contribution in [0.2, 0.25) is 0 Å². The van der Waals surface area contributed by atoms with Crippen molar-refractivity contribution in [2.75, 3.05) is 0 Å². The molecule has 0 atom stereocenters. The molecule has 0 amide bonds. The molecule has 0 aliphatic heterocycles. The normalized spacial score (nSPS) is 13.4. The Morgan fingerprint density at radius 2 is 1.42 bits per heavy atom. The molecule has 95 valence electrons. The van der Waals surface area contributed by atoms with E-state index in [1.165, 1.54) is 0 Å². The van der Waals surface area contributed by atoms with Crippen molar-refractivity contribution >= 4 is 11.6 Å². The van der Waals surface area contributed by atoms with Crippen molar-refractivity contribution in [3.63, 3.8) is 0 Å². The van der Waals surface area contributed by atoms with Crippen LogP contribution in [0.4, 0.5) is 17.6 Å². The molecule has 0 spiro atoms. The van der Waals surface area contributed by atoms with Gasteiger partial charge >= 0.3 is 0 Å². The number of fused-ring (bicyclic) bond motifs is 1. The fourth-order valence-electron chi connectivity index (χ4n) is 2.09. The summed E-state index contributed by atoms with van der Waals surface area (Å²) < 4.78 is 53.0. The molecule has 0 saturated heterocycles. The highest BCUT2D eigenvalue weighted by molar-refractivity contribution is 5.94. The Morgan fingerprint density at radius 1 is 0.737 bits per heavy atom. The SMILES string of the molecule is Fc1cc(C2=Cc3ccccc3[CH]2)c(F)c(F)c1F. The van der Waals surface area contributed by atoms with Gasteiger partial charge in [0, 0.05) is 12.0 Å². The fraction of sp³-hybridized carbons (Fsp3) is 0. The largest absolute Gasteiger partial charge is 0.204 e. The third-order valence-corrected chi connectivity index (χ3v) is 3.03. The maximum Gasteiger partial charge on any atom is 0.198 e. The van der Waals surface area contributed by atoms with Crippen LogP contribution >= 0.6 is 0 Å². The third kappa shape index (κ3) is 1.84. The Kier molecular flexibility index (Phi) is 2.66. The molecule has 0 nitrogen and oxygen atoms in total. The van der Waals surface area contributed by atoms with Crippen LogP contribution in [-0.4, -0.2) is 0 Å². The molecule has 0 saturated carbocycles. The first-order valence-electron chi connectivity index (χ1n) is 5.57. The number of rotatable bonds is 1. The van der Waals surface area contributed by atoms with E-state index in [9.17, 15) is 17.6 Å².